The molecule has 436 valence electrons. The number of carbonyl (C=O) groups is 1. The Balaban J connectivity index is 0.000000144. The second-order valence-electron chi connectivity index (χ2n) is 25.9. The summed E-state index contributed by atoms with van der Waals surface area (Å²) in [6, 6.07) is 64.1. The van der Waals surface area contributed by atoms with Gasteiger partial charge in [-0.05, 0) is 225 Å². The van der Waals surface area contributed by atoms with E-state index in [1.807, 2.05) is 6.07 Å². The lowest BCUT2D eigenvalue weighted by atomic mass is 9.86. The van der Waals surface area contributed by atoms with E-state index in [0.29, 0.717) is 0 Å². The lowest BCUT2D eigenvalue weighted by molar-refractivity contribution is -0.115. The number of hydrogen-bond acceptors (Lipinski definition) is 5. The van der Waals surface area contributed by atoms with Gasteiger partial charge in [-0.2, -0.15) is 0 Å². The number of aromatic nitrogens is 2. The average molecular weight is 1170 g/mol. The van der Waals surface area contributed by atoms with Crippen molar-refractivity contribution in [3.63, 3.8) is 0 Å². The number of nitrogens with zero attached hydrogens (tertiary/aromatic N) is 2. The third-order valence-electron chi connectivity index (χ3n) is 17.8. The van der Waals surface area contributed by atoms with E-state index in [4.69, 9.17) is 31.3 Å². The zero-order valence-corrected chi connectivity index (χ0v) is 51.5. The van der Waals surface area contributed by atoms with E-state index in [2.05, 4.69) is 234 Å². The molecule has 5 aromatic heterocycles. The summed E-state index contributed by atoms with van der Waals surface area (Å²) in [4.78, 5) is 9.62. The number of ether oxygens (including phenoxy) is 2. The first kappa shape index (κ1) is 55.0. The summed E-state index contributed by atoms with van der Waals surface area (Å²) in [6.45, 7) is 19.1. The second kappa shape index (κ2) is 20.3. The summed E-state index contributed by atoms with van der Waals surface area (Å²) in [5.41, 5.74) is 15.7. The van der Waals surface area contributed by atoms with Crippen LogP contribution in [0.3, 0.4) is 0 Å². The molecule has 8 heteroatoms. The smallest absolute Gasteiger partial charge is 0.136 e. The van der Waals surface area contributed by atoms with Crippen LogP contribution in [0.2, 0.25) is 5.02 Å². The minimum absolute atomic E-state index is 0. The van der Waals surface area contributed by atoms with Crippen LogP contribution in [-0.2, 0) is 15.6 Å². The quantitative estimate of drug-likeness (QED) is 0.176. The fourth-order valence-corrected chi connectivity index (χ4v) is 13.8. The highest BCUT2D eigenvalue weighted by atomic mass is 35.5. The van der Waals surface area contributed by atoms with Gasteiger partial charge in [0, 0.05) is 60.9 Å². The molecule has 17 rings (SSSR count). The molecule has 0 N–H and O–H groups in total. The standard InChI is InChI=1S/C38H30ClNO2.C38H29NO2.C3H6O.CH4/c1-21-6-12-28-30-16-22-7-10-26(15-24(22)18-35(30)42-34(28)14-21)40-33-13-9-25(38(2,3)4)19-31(33)36-29-20-27(41-5)11-8-23(29)17-32(39)37(36)40;1-20-6-10-26-29-15-22-14-28-30-13-21-7-9-25(40-5)19-27(21)36-31-18-24(38(2,3)4)8-11-32(31)39(37(30)36)33(28)16-23(22)17-35(29)41-34(26)12-20;1-3(2)4;/h6-20H,1-5H3;6-19H,1-5H3;1-2H3;1H4/i;;1D;. The molecule has 7 nitrogen and oxygen atoms in total. The third-order valence-corrected chi connectivity index (χ3v) is 18.1. The maximum atomic E-state index is 9.62. The fourth-order valence-electron chi connectivity index (χ4n) is 13.5. The van der Waals surface area contributed by atoms with Crippen LogP contribution in [-0.4, -0.2) is 29.0 Å². The first-order valence-corrected chi connectivity index (χ1v) is 30.0. The van der Waals surface area contributed by atoms with E-state index >= 15 is 0 Å². The van der Waals surface area contributed by atoms with Crippen molar-refractivity contribution in [1.82, 2.24) is 8.97 Å². The molecule has 0 bridgehead atoms. The number of hydrogen-bond donors (Lipinski definition) is 0. The van der Waals surface area contributed by atoms with Crippen molar-refractivity contribution in [2.75, 3.05) is 14.2 Å². The largest absolute Gasteiger partial charge is 0.497 e. The van der Waals surface area contributed by atoms with Crippen LogP contribution < -0.4 is 9.47 Å². The summed E-state index contributed by atoms with van der Waals surface area (Å²) in [6.07, 6.45) is 0. The van der Waals surface area contributed by atoms with Crippen molar-refractivity contribution in [3.8, 4) is 17.2 Å². The van der Waals surface area contributed by atoms with E-state index in [-0.39, 0.29) is 30.9 Å². The Bertz CT molecular complexity index is 5800. The molecule has 88 heavy (non-hydrogen) atoms. The SMILES string of the molecule is C.COc1ccc2cc(Cl)c3c(c2c1)c1cc(C(C)(C)C)ccc1n3-c1ccc2cc3c(cc2c1)oc1cc(C)ccc13.COc1ccc2cc3c4cc5cc6c(cc5cc4n4c5ccc(C(C)(C)C)cc5c(c2c1)c34)oc1cc(C)ccc16.[2H]CC(C)=O. The average Bonchev–Trinajstić information content (AvgIpc) is 1.55. The van der Waals surface area contributed by atoms with E-state index in [0.717, 1.165) is 87.9 Å². The Morgan fingerprint density at radius 3 is 1.49 bits per heavy atom. The summed E-state index contributed by atoms with van der Waals surface area (Å²) >= 11 is 7.15. The summed E-state index contributed by atoms with van der Waals surface area (Å²) < 4.78 is 35.1. The van der Waals surface area contributed by atoms with Crippen LogP contribution in [0, 0.1) is 13.8 Å². The van der Waals surface area contributed by atoms with E-state index in [1.165, 1.54) is 110 Å². The minimum Gasteiger partial charge on any atom is -0.497 e. The van der Waals surface area contributed by atoms with Crippen molar-refractivity contribution in [2.24, 2.45) is 0 Å². The lowest BCUT2D eigenvalue weighted by Gasteiger charge is -2.19. The van der Waals surface area contributed by atoms with Crippen LogP contribution >= 0.6 is 11.6 Å². The Kier molecular flexibility index (Phi) is 12.7. The van der Waals surface area contributed by atoms with Gasteiger partial charge in [0.05, 0.1) is 46.8 Å². The number of halogens is 1. The van der Waals surface area contributed by atoms with Gasteiger partial charge in [0.15, 0.2) is 0 Å². The van der Waals surface area contributed by atoms with Crippen LogP contribution in [0.5, 0.6) is 11.5 Å². The van der Waals surface area contributed by atoms with Gasteiger partial charge in [-0.3, -0.25) is 0 Å². The van der Waals surface area contributed by atoms with E-state index < -0.39 is 0 Å². The molecule has 0 radical (unpaired) electrons. The van der Waals surface area contributed by atoms with Gasteiger partial charge in [-0.15, -0.1) is 0 Å². The molecule has 0 saturated heterocycles. The highest BCUT2D eigenvalue weighted by molar-refractivity contribution is 6.40. The molecule has 5 heterocycles. The molecule has 0 aliphatic carbocycles. The maximum absolute atomic E-state index is 9.62. The summed E-state index contributed by atoms with van der Waals surface area (Å²) in [5, 5.41) is 22.2. The van der Waals surface area contributed by atoms with Crippen molar-refractivity contribution in [2.45, 2.75) is 87.5 Å². The zero-order valence-electron chi connectivity index (χ0n) is 51.8. The predicted molar refractivity (Wildman–Crippen MR) is 375 cm³/mol. The molecule has 0 aliphatic heterocycles. The zero-order chi connectivity index (χ0) is 61.0. The molecule has 0 spiro atoms. The number of benzene rings is 12. The molecule has 0 atom stereocenters. The number of methoxy groups -OCH3 is 2. The number of carbonyl (C=O) groups excluding carboxylic acids is 1. The fraction of sp³-hybridized carbons (Fsp3) is 0.188. The topological polar surface area (TPSA) is 71.2 Å². The van der Waals surface area contributed by atoms with Gasteiger partial charge in [0.2, 0.25) is 0 Å². The van der Waals surface area contributed by atoms with Gasteiger partial charge in [-0.1, -0.05) is 115 Å². The molecule has 12 aromatic carbocycles. The highest BCUT2D eigenvalue weighted by Crippen LogP contribution is 2.48. The normalized spacial score (nSPS) is 12.5. The molecular weight excluding hydrogens is 1100 g/mol. The molecule has 17 aromatic rings. The molecule has 0 saturated carbocycles. The number of rotatable bonds is 3. The van der Waals surface area contributed by atoms with E-state index in [9.17, 15) is 4.79 Å². The first-order valence-electron chi connectivity index (χ1n) is 30.4. The highest BCUT2D eigenvalue weighted by Gasteiger charge is 2.25. The summed E-state index contributed by atoms with van der Waals surface area (Å²) in [5.74, 6) is 1.63. The van der Waals surface area contributed by atoms with Gasteiger partial charge in [0.1, 0.15) is 39.6 Å². The predicted octanol–water partition coefficient (Wildman–Crippen LogP) is 23.1. The number of Topliss-reactive ketones (excluding diaryl/α,β-unsaturated/α-hetero) is 1. The summed E-state index contributed by atoms with van der Waals surface area (Å²) in [7, 11) is 3.46. The van der Waals surface area contributed by atoms with Crippen LogP contribution in [0.4, 0.5) is 0 Å². The minimum atomic E-state index is -0.0833. The lowest BCUT2D eigenvalue weighted by Crippen LogP contribution is -2.10. The van der Waals surface area contributed by atoms with Crippen molar-refractivity contribution >= 4 is 164 Å². The van der Waals surface area contributed by atoms with Crippen molar-refractivity contribution < 1.29 is 24.5 Å². The van der Waals surface area contributed by atoms with Gasteiger partial charge in [0.25, 0.3) is 0 Å². The maximum Gasteiger partial charge on any atom is 0.136 e. The number of fused-ring (bicyclic) bond motifs is 21. The Morgan fingerprint density at radius 1 is 0.443 bits per heavy atom. The molecule has 0 fully saturated rings. The second-order valence-corrected chi connectivity index (χ2v) is 26.3. The van der Waals surface area contributed by atoms with Crippen LogP contribution in [0.1, 0.15) is 86.4 Å². The number of aryl methyl sites for hydroxylation is 2. The molecular formula is C80H69ClN2O5. The van der Waals surface area contributed by atoms with E-state index in [1.54, 1.807) is 14.2 Å². The van der Waals surface area contributed by atoms with Crippen LogP contribution in [0.25, 0.3) is 153 Å². The van der Waals surface area contributed by atoms with Gasteiger partial charge >= 0.3 is 0 Å². The Morgan fingerprint density at radius 2 is 0.920 bits per heavy atom. The monoisotopic (exact) mass is 1170 g/mol. The Labute approximate surface area is 516 Å². The van der Waals surface area contributed by atoms with Crippen LogP contribution in [0.15, 0.2) is 185 Å². The number of ketones is 1. The van der Waals surface area contributed by atoms with Crippen molar-refractivity contribution in [1.29, 1.82) is 0 Å². The van der Waals surface area contributed by atoms with Gasteiger partial charge in [-0.25, -0.2) is 0 Å². The van der Waals surface area contributed by atoms with Gasteiger partial charge < -0.3 is 32.1 Å². The molecule has 0 unspecified atom stereocenters. The number of furan rings is 2. The van der Waals surface area contributed by atoms with Crippen molar-refractivity contribution in [3.05, 3.63) is 203 Å². The molecule has 0 amide bonds. The third kappa shape index (κ3) is 8.87. The first-order chi connectivity index (χ1) is 42.2. The molecule has 0 aliphatic rings. The Hall–Kier alpha value is -9.56.